The predicted molar refractivity (Wildman–Crippen MR) is 155 cm³/mol. The highest BCUT2D eigenvalue weighted by Gasteiger charge is 2.48. The molecule has 39 heavy (non-hydrogen) atoms. The molecule has 2 atom stereocenters. The van der Waals surface area contributed by atoms with Crippen LogP contribution in [0.4, 0.5) is 0 Å². The minimum absolute atomic E-state index is 0.0566. The second kappa shape index (κ2) is 13.9. The molecule has 0 spiro atoms. The minimum atomic E-state index is -0.579. The van der Waals surface area contributed by atoms with Gasteiger partial charge in [-0.3, -0.25) is 4.79 Å². The van der Waals surface area contributed by atoms with Crippen molar-refractivity contribution in [2.24, 2.45) is 5.92 Å². The summed E-state index contributed by atoms with van der Waals surface area (Å²) in [6.45, 7) is 8.16. The van der Waals surface area contributed by atoms with Gasteiger partial charge in [0.05, 0.1) is 28.4 Å². The van der Waals surface area contributed by atoms with E-state index in [0.717, 1.165) is 62.4 Å². The first kappa shape index (κ1) is 30.6. The lowest BCUT2D eigenvalue weighted by atomic mass is 9.65. The van der Waals surface area contributed by atoms with Crippen LogP contribution in [0.25, 0.3) is 0 Å². The van der Waals surface area contributed by atoms with Gasteiger partial charge in [-0.25, -0.2) is 0 Å². The highest BCUT2D eigenvalue weighted by atomic mass is 16.6. The summed E-state index contributed by atoms with van der Waals surface area (Å²) in [6.07, 6.45) is 4.47. The summed E-state index contributed by atoms with van der Waals surface area (Å²) in [5, 5.41) is 0. The van der Waals surface area contributed by atoms with Gasteiger partial charge in [0.2, 0.25) is 0 Å². The number of carbonyl (C=O) groups excluding carboxylic acids is 1. The number of hydrogen-bond donors (Lipinski definition) is 0. The molecule has 0 bridgehead atoms. The van der Waals surface area contributed by atoms with Gasteiger partial charge in [0, 0.05) is 31.8 Å². The van der Waals surface area contributed by atoms with Gasteiger partial charge in [0.1, 0.15) is 5.60 Å². The maximum absolute atomic E-state index is 13.0. The molecule has 0 saturated heterocycles. The summed E-state index contributed by atoms with van der Waals surface area (Å²) < 4.78 is 28.6. The Balaban J connectivity index is 1.84. The maximum Gasteiger partial charge on any atom is 0.306 e. The average molecular weight is 542 g/mol. The topological polar surface area (TPSA) is 66.5 Å². The third-order valence-corrected chi connectivity index (χ3v) is 7.95. The van der Waals surface area contributed by atoms with Crippen LogP contribution in [0.1, 0.15) is 69.1 Å². The number of benzene rings is 2. The molecule has 7 nitrogen and oxygen atoms in total. The molecule has 1 aliphatic rings. The molecule has 0 aliphatic heterocycles. The number of carbonyl (C=O) groups is 1. The number of hydrogen-bond acceptors (Lipinski definition) is 7. The Labute approximate surface area is 234 Å². The van der Waals surface area contributed by atoms with Crippen molar-refractivity contribution in [3.8, 4) is 23.0 Å². The lowest BCUT2D eigenvalue weighted by molar-refractivity contribution is -0.167. The summed E-state index contributed by atoms with van der Waals surface area (Å²) in [4.78, 5) is 15.3. The number of fused-ring (bicyclic) bond motifs is 1. The quantitative estimate of drug-likeness (QED) is 0.270. The molecule has 2 aromatic carbocycles. The van der Waals surface area contributed by atoms with E-state index in [2.05, 4.69) is 44.0 Å². The molecular weight excluding hydrogens is 494 g/mol. The standard InChI is InChI=1S/C32H47NO6/c1-9-10-30(34)39-32(16-18-33(4)17-14-23-11-12-26(35-5)27(19-23)36-6)15-13-24-20-28(37-7)29(38-8)21-25(24)31(32)22(2)3/h11-12,19-22,31H,9-10,13-18H2,1-8H3/t31-,32-/m1/s1. The van der Waals surface area contributed by atoms with Crippen molar-refractivity contribution in [1.82, 2.24) is 4.90 Å². The van der Waals surface area contributed by atoms with Crippen molar-refractivity contribution in [2.45, 2.75) is 70.8 Å². The van der Waals surface area contributed by atoms with E-state index in [4.69, 9.17) is 23.7 Å². The van der Waals surface area contributed by atoms with Crippen molar-refractivity contribution in [3.05, 3.63) is 47.0 Å². The van der Waals surface area contributed by atoms with E-state index in [1.54, 1.807) is 28.4 Å². The van der Waals surface area contributed by atoms with Crippen molar-refractivity contribution < 1.29 is 28.5 Å². The first-order valence-corrected chi connectivity index (χ1v) is 14.1. The van der Waals surface area contributed by atoms with E-state index in [9.17, 15) is 4.79 Å². The number of nitrogens with zero attached hydrogens (tertiary/aromatic N) is 1. The van der Waals surface area contributed by atoms with Crippen molar-refractivity contribution >= 4 is 5.97 Å². The number of aryl methyl sites for hydroxylation is 1. The summed E-state index contributed by atoms with van der Waals surface area (Å²) in [5.41, 5.74) is 3.06. The molecule has 216 valence electrons. The van der Waals surface area contributed by atoms with Crippen LogP contribution in [0.2, 0.25) is 0 Å². The zero-order valence-corrected chi connectivity index (χ0v) is 25.1. The Bertz CT molecular complexity index is 1100. The molecule has 0 amide bonds. The normalized spacial score (nSPS) is 18.6. The fourth-order valence-electron chi connectivity index (χ4n) is 5.97. The van der Waals surface area contributed by atoms with Gasteiger partial charge in [-0.15, -0.1) is 0 Å². The second-order valence-electron chi connectivity index (χ2n) is 10.9. The molecule has 0 radical (unpaired) electrons. The van der Waals surface area contributed by atoms with Gasteiger partial charge in [0.25, 0.3) is 0 Å². The smallest absolute Gasteiger partial charge is 0.306 e. The molecule has 0 N–H and O–H groups in total. The van der Waals surface area contributed by atoms with E-state index in [0.29, 0.717) is 12.2 Å². The van der Waals surface area contributed by atoms with E-state index in [1.165, 1.54) is 16.7 Å². The molecule has 3 rings (SSSR count). The molecule has 0 fully saturated rings. The third kappa shape index (κ3) is 7.18. The summed E-state index contributed by atoms with van der Waals surface area (Å²) in [5.74, 6) is 3.15. The molecule has 1 aliphatic carbocycles. The monoisotopic (exact) mass is 541 g/mol. The summed E-state index contributed by atoms with van der Waals surface area (Å²) in [7, 11) is 8.78. The number of ether oxygens (including phenoxy) is 5. The zero-order chi connectivity index (χ0) is 28.6. The van der Waals surface area contributed by atoms with Crippen LogP contribution in [-0.4, -0.2) is 65.0 Å². The lowest BCUT2D eigenvalue weighted by Gasteiger charge is -2.47. The molecule has 0 saturated carbocycles. The Kier molecular flexibility index (Phi) is 10.9. The fourth-order valence-corrected chi connectivity index (χ4v) is 5.97. The van der Waals surface area contributed by atoms with E-state index >= 15 is 0 Å². The third-order valence-electron chi connectivity index (χ3n) is 7.95. The Hall–Kier alpha value is -2.93. The number of rotatable bonds is 14. The van der Waals surface area contributed by atoms with Crippen LogP contribution in [0.15, 0.2) is 30.3 Å². The molecule has 2 aromatic rings. The van der Waals surface area contributed by atoms with Crippen LogP contribution >= 0.6 is 0 Å². The fraction of sp³-hybridized carbons (Fsp3) is 0.594. The maximum atomic E-state index is 13.0. The highest BCUT2D eigenvalue weighted by Crippen LogP contribution is 2.50. The van der Waals surface area contributed by atoms with Crippen LogP contribution in [0.3, 0.4) is 0 Å². The lowest BCUT2D eigenvalue weighted by Crippen LogP contribution is -2.48. The Morgan fingerprint density at radius 3 is 2.21 bits per heavy atom. The van der Waals surface area contributed by atoms with Crippen LogP contribution < -0.4 is 18.9 Å². The van der Waals surface area contributed by atoms with E-state index in [-0.39, 0.29) is 17.8 Å². The van der Waals surface area contributed by atoms with Crippen molar-refractivity contribution in [1.29, 1.82) is 0 Å². The van der Waals surface area contributed by atoms with Gasteiger partial charge in [-0.2, -0.15) is 0 Å². The number of likely N-dealkylation sites (N-methyl/N-ethyl adjacent to an activating group) is 1. The summed E-state index contributed by atoms with van der Waals surface area (Å²) >= 11 is 0. The van der Waals surface area contributed by atoms with Crippen LogP contribution in [-0.2, 0) is 22.4 Å². The van der Waals surface area contributed by atoms with Gasteiger partial charge in [0.15, 0.2) is 23.0 Å². The summed E-state index contributed by atoms with van der Waals surface area (Å²) in [6, 6.07) is 10.3. The molecule has 0 aromatic heterocycles. The molecule has 0 unspecified atom stereocenters. The largest absolute Gasteiger partial charge is 0.493 e. The molecule has 7 heteroatoms. The number of methoxy groups -OCH3 is 4. The van der Waals surface area contributed by atoms with Crippen LogP contribution in [0.5, 0.6) is 23.0 Å². The molecular formula is C32H47NO6. The average Bonchev–Trinajstić information content (AvgIpc) is 2.93. The van der Waals surface area contributed by atoms with Gasteiger partial charge in [-0.1, -0.05) is 26.8 Å². The van der Waals surface area contributed by atoms with E-state index < -0.39 is 5.60 Å². The minimum Gasteiger partial charge on any atom is -0.493 e. The van der Waals surface area contributed by atoms with Crippen molar-refractivity contribution in [3.63, 3.8) is 0 Å². The second-order valence-corrected chi connectivity index (χ2v) is 10.9. The van der Waals surface area contributed by atoms with Gasteiger partial charge >= 0.3 is 5.97 Å². The SMILES string of the molecule is CCCC(=O)O[C@@]1(CCN(C)CCc2ccc(OC)c(OC)c2)CCc2cc(OC)c(OC)cc2[C@H]1C(C)C. The van der Waals surface area contributed by atoms with Gasteiger partial charge < -0.3 is 28.6 Å². The first-order chi connectivity index (χ1) is 18.7. The first-order valence-electron chi connectivity index (χ1n) is 14.1. The highest BCUT2D eigenvalue weighted by molar-refractivity contribution is 5.70. The zero-order valence-electron chi connectivity index (χ0n) is 25.1. The van der Waals surface area contributed by atoms with Crippen LogP contribution in [0, 0.1) is 5.92 Å². The predicted octanol–water partition coefficient (Wildman–Crippen LogP) is 6.05. The Morgan fingerprint density at radius 1 is 0.949 bits per heavy atom. The van der Waals surface area contributed by atoms with E-state index in [1.807, 2.05) is 19.1 Å². The Morgan fingerprint density at radius 2 is 1.59 bits per heavy atom. The number of esters is 1. The van der Waals surface area contributed by atoms with Gasteiger partial charge in [-0.05, 0) is 79.6 Å². The van der Waals surface area contributed by atoms with Crippen molar-refractivity contribution in [2.75, 3.05) is 48.6 Å². The molecule has 0 heterocycles.